The molecule has 0 unspecified atom stereocenters. The maximum atomic E-state index is 4.01. The lowest BCUT2D eigenvalue weighted by Crippen LogP contribution is -2.01. The van der Waals surface area contributed by atoms with Crippen molar-refractivity contribution in [1.82, 2.24) is 13.7 Å². The fourth-order valence-corrected chi connectivity index (χ4v) is 11.8. The normalized spacial score (nSPS) is 11.8. The number of nitrogens with zero attached hydrogens (tertiary/aromatic N) is 3. The number of para-hydroxylation sites is 4. The van der Waals surface area contributed by atoms with Gasteiger partial charge in [0.05, 0.1) is 22.1 Å². The average molecular weight is 936 g/mol. The Labute approximate surface area is 426 Å². The zero-order chi connectivity index (χ0) is 49.0. The van der Waals surface area contributed by atoms with Crippen molar-refractivity contribution in [3.63, 3.8) is 0 Å². The molecule has 3 nitrogen and oxygen atoms in total. The summed E-state index contributed by atoms with van der Waals surface area (Å²) in [5, 5.41) is 7.46. The Morgan fingerprint density at radius 2 is 0.849 bits per heavy atom. The topological polar surface area (TPSA) is 14.8 Å². The Hall–Kier alpha value is -9.18. The summed E-state index contributed by atoms with van der Waals surface area (Å²) in [5.74, 6) is 0. The Bertz CT molecular complexity index is 4200. The highest BCUT2D eigenvalue weighted by Gasteiger charge is 2.26. The van der Waals surface area contributed by atoms with Gasteiger partial charge < -0.3 is 13.7 Å². The van der Waals surface area contributed by atoms with Gasteiger partial charge in [-0.3, -0.25) is 0 Å². The van der Waals surface area contributed by atoms with Gasteiger partial charge in [-0.2, -0.15) is 0 Å². The van der Waals surface area contributed by atoms with Crippen molar-refractivity contribution in [2.24, 2.45) is 0 Å². The fraction of sp³-hybridized carbons (Fsp3) is 0.0571. The third-order valence-electron chi connectivity index (χ3n) is 15.0. The molecule has 13 rings (SSSR count). The summed E-state index contributed by atoms with van der Waals surface area (Å²) in [7, 11) is 0. The molecular formula is C70H53N3. The lowest BCUT2D eigenvalue weighted by Gasteiger charge is -2.25. The number of hydrogen-bond acceptors (Lipinski definition) is 0. The van der Waals surface area contributed by atoms with Crippen LogP contribution in [0.2, 0.25) is 0 Å². The second-order valence-electron chi connectivity index (χ2n) is 19.2. The summed E-state index contributed by atoms with van der Waals surface area (Å²) in [6.07, 6.45) is 10.5. The van der Waals surface area contributed by atoms with E-state index in [0.29, 0.717) is 0 Å². The van der Waals surface area contributed by atoms with Crippen molar-refractivity contribution >= 4 is 60.5 Å². The van der Waals surface area contributed by atoms with E-state index in [-0.39, 0.29) is 0 Å². The van der Waals surface area contributed by atoms with E-state index in [9.17, 15) is 0 Å². The van der Waals surface area contributed by atoms with Crippen molar-refractivity contribution in [2.75, 3.05) is 0 Å². The third kappa shape index (κ3) is 7.27. The first-order chi connectivity index (χ1) is 36.1. The Morgan fingerprint density at radius 3 is 1.41 bits per heavy atom. The molecule has 0 N–H and O–H groups in total. The molecule has 0 aliphatic heterocycles. The van der Waals surface area contributed by atoms with Crippen LogP contribution >= 0.6 is 0 Å². The molecule has 10 aromatic carbocycles. The minimum Gasteiger partial charge on any atom is -0.316 e. The van der Waals surface area contributed by atoms with E-state index < -0.39 is 0 Å². The van der Waals surface area contributed by atoms with Crippen LogP contribution in [-0.4, -0.2) is 13.7 Å². The van der Waals surface area contributed by atoms with Crippen LogP contribution in [0.5, 0.6) is 0 Å². The van der Waals surface area contributed by atoms with Crippen LogP contribution in [0, 0.1) is 6.92 Å². The summed E-state index contributed by atoms with van der Waals surface area (Å²) in [4.78, 5) is 0. The Balaban J connectivity index is 1.12. The maximum Gasteiger partial charge on any atom is 0.0541 e. The zero-order valence-corrected chi connectivity index (χ0v) is 41.1. The van der Waals surface area contributed by atoms with Gasteiger partial charge in [0.15, 0.2) is 0 Å². The number of allylic oxidation sites excluding steroid dienone is 2. The standard InChI is InChI=1S/C70H53N3/c1-4-6-30-62-47(3)56-26-13-18-32-64(56)72(62)53-39-35-50(36-40-53)69-67(48-22-9-7-10-23-48)60-44-43-55(71-46-52(21-5-2)57-27-14-17-31-63(57)71)45-61(60)68(49-24-11-8-12-25-49)70(69)51-37-41-54(42-38-51)73-65-33-19-15-28-58(65)59-29-16-20-34-66(59)73/h4,6-20,22-46H,1,5,21H2,2-3H3/b30-6-. The minimum absolute atomic E-state index is 1.03. The molecule has 3 heteroatoms. The lowest BCUT2D eigenvalue weighted by molar-refractivity contribution is 0.923. The van der Waals surface area contributed by atoms with Crippen molar-refractivity contribution in [2.45, 2.75) is 26.7 Å². The first kappa shape index (κ1) is 43.8. The molecule has 3 heterocycles. The highest BCUT2D eigenvalue weighted by molar-refractivity contribution is 6.19. The van der Waals surface area contributed by atoms with Crippen LogP contribution in [0.4, 0.5) is 0 Å². The first-order valence-corrected chi connectivity index (χ1v) is 25.5. The van der Waals surface area contributed by atoms with Gasteiger partial charge in [0, 0.05) is 50.5 Å². The summed E-state index contributed by atoms with van der Waals surface area (Å²) in [6.45, 7) is 8.49. The van der Waals surface area contributed by atoms with E-state index in [1.165, 1.54) is 98.9 Å². The number of benzene rings is 10. The Morgan fingerprint density at radius 1 is 0.397 bits per heavy atom. The van der Waals surface area contributed by atoms with E-state index in [0.717, 1.165) is 46.7 Å². The van der Waals surface area contributed by atoms with Gasteiger partial charge in [0.1, 0.15) is 0 Å². The van der Waals surface area contributed by atoms with E-state index in [4.69, 9.17) is 0 Å². The predicted octanol–water partition coefficient (Wildman–Crippen LogP) is 19.0. The lowest BCUT2D eigenvalue weighted by atomic mass is 9.78. The fourth-order valence-electron chi connectivity index (χ4n) is 11.8. The molecule has 0 aliphatic carbocycles. The molecule has 0 atom stereocenters. The maximum absolute atomic E-state index is 4.01. The largest absolute Gasteiger partial charge is 0.316 e. The molecule has 0 spiro atoms. The van der Waals surface area contributed by atoms with Gasteiger partial charge in [-0.25, -0.2) is 0 Å². The van der Waals surface area contributed by atoms with E-state index in [1.807, 2.05) is 12.2 Å². The second-order valence-corrected chi connectivity index (χ2v) is 19.2. The molecule has 0 bridgehead atoms. The number of aryl methyl sites for hydroxylation is 2. The molecule has 0 saturated heterocycles. The van der Waals surface area contributed by atoms with Crippen LogP contribution in [0.1, 0.15) is 30.2 Å². The quantitative estimate of drug-likeness (QED) is 0.115. The van der Waals surface area contributed by atoms with Gasteiger partial charge in [-0.05, 0) is 146 Å². The summed E-state index contributed by atoms with van der Waals surface area (Å²) in [6, 6.07) is 83.0. The number of hydrogen-bond donors (Lipinski definition) is 0. The molecule has 348 valence electrons. The zero-order valence-electron chi connectivity index (χ0n) is 41.1. The van der Waals surface area contributed by atoms with E-state index in [2.05, 4.69) is 271 Å². The van der Waals surface area contributed by atoms with Crippen molar-refractivity contribution < 1.29 is 0 Å². The van der Waals surface area contributed by atoms with Gasteiger partial charge in [0.25, 0.3) is 0 Å². The highest BCUT2D eigenvalue weighted by atomic mass is 15.0. The van der Waals surface area contributed by atoms with Crippen LogP contribution in [0.3, 0.4) is 0 Å². The molecule has 73 heavy (non-hydrogen) atoms. The summed E-state index contributed by atoms with van der Waals surface area (Å²) >= 11 is 0. The van der Waals surface area contributed by atoms with Gasteiger partial charge >= 0.3 is 0 Å². The smallest absolute Gasteiger partial charge is 0.0541 e. The molecule has 13 aromatic rings. The van der Waals surface area contributed by atoms with Crippen LogP contribution in [0.15, 0.2) is 249 Å². The Kier molecular flexibility index (Phi) is 10.9. The van der Waals surface area contributed by atoms with Crippen LogP contribution in [-0.2, 0) is 6.42 Å². The van der Waals surface area contributed by atoms with E-state index >= 15 is 0 Å². The van der Waals surface area contributed by atoms with Crippen molar-refractivity contribution in [3.05, 3.63) is 266 Å². The minimum atomic E-state index is 1.03. The molecule has 0 fully saturated rings. The number of aromatic nitrogens is 3. The van der Waals surface area contributed by atoms with Gasteiger partial charge in [0.2, 0.25) is 0 Å². The van der Waals surface area contributed by atoms with Crippen LogP contribution < -0.4 is 0 Å². The predicted molar refractivity (Wildman–Crippen MR) is 312 cm³/mol. The highest BCUT2D eigenvalue weighted by Crippen LogP contribution is 2.52. The molecule has 0 saturated carbocycles. The van der Waals surface area contributed by atoms with Gasteiger partial charge in [-0.1, -0.05) is 196 Å². The molecular weight excluding hydrogens is 883 g/mol. The first-order valence-electron chi connectivity index (χ1n) is 25.5. The molecule has 3 aromatic heterocycles. The summed E-state index contributed by atoms with van der Waals surface area (Å²) < 4.78 is 7.21. The molecule has 0 aliphatic rings. The molecule has 0 amide bonds. The van der Waals surface area contributed by atoms with E-state index in [1.54, 1.807) is 0 Å². The van der Waals surface area contributed by atoms with Crippen molar-refractivity contribution in [1.29, 1.82) is 0 Å². The number of fused-ring (bicyclic) bond motifs is 6. The number of rotatable bonds is 11. The third-order valence-corrected chi connectivity index (χ3v) is 15.0. The summed E-state index contributed by atoms with van der Waals surface area (Å²) in [5.41, 5.74) is 21.3. The molecule has 0 radical (unpaired) electrons. The second kappa shape index (κ2) is 18.2. The average Bonchev–Trinajstić information content (AvgIpc) is 4.09. The monoisotopic (exact) mass is 935 g/mol. The van der Waals surface area contributed by atoms with Crippen molar-refractivity contribution in [3.8, 4) is 61.6 Å². The SMILES string of the molecule is C=C/C=C\c1c(C)c2ccccc2n1-c1ccc(-c2c(-c3ccc(-n4c5ccccc5c5ccccc54)cc3)c(-c3ccccc3)c3cc(-n4cc(CCC)c5ccccc54)ccc3c2-c2ccccc2)cc1. The van der Waals surface area contributed by atoms with Gasteiger partial charge in [-0.15, -0.1) is 0 Å². The van der Waals surface area contributed by atoms with Crippen LogP contribution in [0.25, 0.3) is 122 Å².